The minimum atomic E-state index is -0.248. The van der Waals surface area contributed by atoms with Crippen molar-refractivity contribution in [2.75, 3.05) is 7.11 Å². The van der Waals surface area contributed by atoms with Gasteiger partial charge in [0.15, 0.2) is 11.4 Å². The van der Waals surface area contributed by atoms with E-state index in [1.165, 1.54) is 10.2 Å². The van der Waals surface area contributed by atoms with Crippen molar-refractivity contribution < 1.29 is 4.74 Å². The van der Waals surface area contributed by atoms with Gasteiger partial charge in [-0.3, -0.25) is 9.89 Å². The van der Waals surface area contributed by atoms with Crippen LogP contribution in [0.5, 0.6) is 5.75 Å². The van der Waals surface area contributed by atoms with E-state index in [1.54, 1.807) is 7.11 Å². The first-order valence-electron chi connectivity index (χ1n) is 10.0. The van der Waals surface area contributed by atoms with Crippen molar-refractivity contribution in [3.8, 4) is 22.6 Å². The fourth-order valence-electron chi connectivity index (χ4n) is 3.47. The largest absolute Gasteiger partial charge is 0.494 e. The minimum absolute atomic E-state index is 0.248. The lowest BCUT2D eigenvalue weighted by molar-refractivity contribution is 0.417. The lowest BCUT2D eigenvalue weighted by Crippen LogP contribution is -2.14. The van der Waals surface area contributed by atoms with Crippen LogP contribution in [0.2, 0.25) is 0 Å². The van der Waals surface area contributed by atoms with Gasteiger partial charge in [-0.15, -0.1) is 10.2 Å². The van der Waals surface area contributed by atoms with Gasteiger partial charge in [-0.2, -0.15) is 0 Å². The van der Waals surface area contributed by atoms with Gasteiger partial charge < -0.3 is 4.74 Å². The van der Waals surface area contributed by atoms with Gasteiger partial charge in [0.2, 0.25) is 0 Å². The average Bonchev–Trinajstić information content (AvgIpc) is 3.07. The van der Waals surface area contributed by atoms with Crippen molar-refractivity contribution in [1.82, 2.24) is 9.78 Å². The third kappa shape index (κ3) is 3.92. The van der Waals surface area contributed by atoms with E-state index in [1.807, 2.05) is 87.5 Å². The number of aromatic amines is 1. The van der Waals surface area contributed by atoms with Crippen molar-refractivity contribution >= 4 is 11.4 Å². The molecule has 31 heavy (non-hydrogen) atoms. The van der Waals surface area contributed by atoms with Gasteiger partial charge in [0.25, 0.3) is 5.56 Å². The number of aromatic nitrogens is 2. The lowest BCUT2D eigenvalue weighted by Gasteiger charge is -2.10. The van der Waals surface area contributed by atoms with Crippen LogP contribution in [0.1, 0.15) is 16.8 Å². The summed E-state index contributed by atoms with van der Waals surface area (Å²) >= 11 is 0. The first-order chi connectivity index (χ1) is 15.0. The standard InChI is InChI=1S/C25H24N4O2/c1-16-13-14-20(15-17(16)2)29-25(30)23(18(3)28-29)27-26-22-12-8-11-21(24(22)31-4)19-9-6-5-7-10-19/h5-15,28H,1-4H3. The number of aryl methyl sites for hydroxylation is 3. The summed E-state index contributed by atoms with van der Waals surface area (Å²) in [5, 5.41) is 11.7. The quantitative estimate of drug-likeness (QED) is 0.397. The predicted octanol–water partition coefficient (Wildman–Crippen LogP) is 6.18. The van der Waals surface area contributed by atoms with E-state index < -0.39 is 0 Å². The molecule has 0 spiro atoms. The third-order valence-corrected chi connectivity index (χ3v) is 5.33. The fraction of sp³-hybridized carbons (Fsp3) is 0.160. The van der Waals surface area contributed by atoms with Crippen LogP contribution in [0.15, 0.2) is 81.8 Å². The number of azo groups is 1. The smallest absolute Gasteiger partial charge is 0.299 e. The Morgan fingerprint density at radius 2 is 1.65 bits per heavy atom. The molecule has 6 heteroatoms. The van der Waals surface area contributed by atoms with Gasteiger partial charge in [0.1, 0.15) is 5.69 Å². The van der Waals surface area contributed by atoms with Crippen molar-refractivity contribution in [3.63, 3.8) is 0 Å². The molecule has 0 fully saturated rings. The first-order valence-corrected chi connectivity index (χ1v) is 10.0. The molecule has 0 aliphatic rings. The van der Waals surface area contributed by atoms with Gasteiger partial charge in [-0.05, 0) is 55.7 Å². The van der Waals surface area contributed by atoms with Crippen LogP contribution in [0.3, 0.4) is 0 Å². The Balaban J connectivity index is 1.74. The molecule has 0 saturated heterocycles. The van der Waals surface area contributed by atoms with Gasteiger partial charge >= 0.3 is 0 Å². The highest BCUT2D eigenvalue weighted by molar-refractivity contribution is 5.76. The van der Waals surface area contributed by atoms with Crippen LogP contribution < -0.4 is 10.3 Å². The molecule has 0 radical (unpaired) electrons. The molecular formula is C25H24N4O2. The molecule has 3 aromatic carbocycles. The number of H-pyrrole nitrogens is 1. The zero-order chi connectivity index (χ0) is 22.0. The van der Waals surface area contributed by atoms with E-state index in [-0.39, 0.29) is 11.2 Å². The van der Waals surface area contributed by atoms with Crippen LogP contribution in [0, 0.1) is 20.8 Å². The Bertz CT molecular complexity index is 1320. The van der Waals surface area contributed by atoms with E-state index in [0.717, 1.165) is 22.4 Å². The van der Waals surface area contributed by atoms with Crippen LogP contribution in [0.4, 0.5) is 11.4 Å². The van der Waals surface area contributed by atoms with Crippen molar-refractivity contribution in [1.29, 1.82) is 0 Å². The van der Waals surface area contributed by atoms with Crippen LogP contribution in [0.25, 0.3) is 16.8 Å². The summed E-state index contributed by atoms with van der Waals surface area (Å²) in [6.07, 6.45) is 0. The summed E-state index contributed by atoms with van der Waals surface area (Å²) in [4.78, 5) is 13.0. The molecule has 1 aromatic heterocycles. The first kappa shape index (κ1) is 20.3. The third-order valence-electron chi connectivity index (χ3n) is 5.33. The summed E-state index contributed by atoms with van der Waals surface area (Å²) in [7, 11) is 1.61. The minimum Gasteiger partial charge on any atom is -0.494 e. The monoisotopic (exact) mass is 412 g/mol. The Kier molecular flexibility index (Phi) is 5.54. The zero-order valence-corrected chi connectivity index (χ0v) is 18.0. The highest BCUT2D eigenvalue weighted by atomic mass is 16.5. The van der Waals surface area contributed by atoms with Crippen molar-refractivity contribution in [3.05, 3.63) is 93.9 Å². The summed E-state index contributed by atoms with van der Waals surface area (Å²) in [5.41, 5.74) is 6.21. The Labute approximate surface area is 180 Å². The Hall–Kier alpha value is -3.93. The number of benzene rings is 3. The normalized spacial score (nSPS) is 11.2. The second-order valence-electron chi connectivity index (χ2n) is 7.42. The van der Waals surface area contributed by atoms with Gasteiger partial charge in [0.05, 0.1) is 18.5 Å². The molecule has 0 bridgehead atoms. The molecule has 0 aliphatic heterocycles. The Morgan fingerprint density at radius 3 is 2.35 bits per heavy atom. The fourth-order valence-corrected chi connectivity index (χ4v) is 3.47. The second kappa shape index (κ2) is 8.44. The molecule has 0 saturated carbocycles. The molecule has 1 heterocycles. The maximum atomic E-state index is 13.0. The average molecular weight is 412 g/mol. The summed E-state index contributed by atoms with van der Waals surface area (Å²) < 4.78 is 7.13. The number of methoxy groups -OCH3 is 1. The molecular weight excluding hydrogens is 388 g/mol. The maximum absolute atomic E-state index is 13.0. The molecule has 6 nitrogen and oxygen atoms in total. The van der Waals surface area contributed by atoms with E-state index in [0.29, 0.717) is 17.1 Å². The molecule has 4 rings (SSSR count). The van der Waals surface area contributed by atoms with E-state index >= 15 is 0 Å². The van der Waals surface area contributed by atoms with Crippen molar-refractivity contribution in [2.24, 2.45) is 10.2 Å². The topological polar surface area (TPSA) is 71.7 Å². The SMILES string of the molecule is COc1c(N=Nc2c(C)[nH]n(-c3ccc(C)c(C)c3)c2=O)cccc1-c1ccccc1. The van der Waals surface area contributed by atoms with Gasteiger partial charge in [-0.25, -0.2) is 4.68 Å². The molecule has 0 atom stereocenters. The number of hydrogen-bond acceptors (Lipinski definition) is 4. The number of nitrogens with zero attached hydrogens (tertiary/aromatic N) is 3. The zero-order valence-electron chi connectivity index (χ0n) is 18.0. The summed E-state index contributed by atoms with van der Waals surface area (Å²) in [6, 6.07) is 21.5. The predicted molar refractivity (Wildman–Crippen MR) is 123 cm³/mol. The van der Waals surface area contributed by atoms with E-state index in [9.17, 15) is 4.79 Å². The second-order valence-corrected chi connectivity index (χ2v) is 7.42. The summed E-state index contributed by atoms with van der Waals surface area (Å²) in [5.74, 6) is 0.611. The lowest BCUT2D eigenvalue weighted by atomic mass is 10.0. The number of nitrogens with one attached hydrogen (secondary N) is 1. The molecule has 0 aliphatic carbocycles. The molecule has 4 aromatic rings. The van der Waals surface area contributed by atoms with E-state index in [2.05, 4.69) is 15.3 Å². The van der Waals surface area contributed by atoms with Gasteiger partial charge in [-0.1, -0.05) is 48.5 Å². The number of hydrogen-bond donors (Lipinski definition) is 1. The Morgan fingerprint density at radius 1 is 0.871 bits per heavy atom. The molecule has 0 amide bonds. The number of rotatable bonds is 5. The number of para-hydroxylation sites is 1. The van der Waals surface area contributed by atoms with Gasteiger partial charge in [0, 0.05) is 5.56 Å². The van der Waals surface area contributed by atoms with Crippen LogP contribution in [-0.2, 0) is 0 Å². The highest BCUT2D eigenvalue weighted by Crippen LogP contribution is 2.38. The molecule has 1 N–H and O–H groups in total. The van der Waals surface area contributed by atoms with E-state index in [4.69, 9.17) is 4.74 Å². The number of ether oxygens (including phenoxy) is 1. The van der Waals surface area contributed by atoms with Crippen LogP contribution >= 0.6 is 0 Å². The van der Waals surface area contributed by atoms with Crippen molar-refractivity contribution in [2.45, 2.75) is 20.8 Å². The molecule has 0 unspecified atom stereocenters. The van der Waals surface area contributed by atoms with Crippen LogP contribution in [-0.4, -0.2) is 16.9 Å². The molecule has 156 valence electrons. The summed E-state index contributed by atoms with van der Waals surface area (Å²) in [6.45, 7) is 5.87. The highest BCUT2D eigenvalue weighted by Gasteiger charge is 2.14. The maximum Gasteiger partial charge on any atom is 0.299 e.